The Morgan fingerprint density at radius 3 is 2.48 bits per heavy atom. The molecule has 29 heavy (non-hydrogen) atoms. The summed E-state index contributed by atoms with van der Waals surface area (Å²) in [7, 11) is 3.95. The Kier molecular flexibility index (Phi) is 5.15. The molecule has 0 aliphatic carbocycles. The van der Waals surface area contributed by atoms with Crippen LogP contribution in [0.1, 0.15) is 18.5 Å². The van der Waals surface area contributed by atoms with Crippen molar-refractivity contribution in [3.8, 4) is 0 Å². The molecule has 0 bridgehead atoms. The van der Waals surface area contributed by atoms with E-state index in [4.69, 9.17) is 0 Å². The Labute approximate surface area is 174 Å². The molecule has 4 rings (SSSR count). The normalized spacial score (nSPS) is 18.4. The van der Waals surface area contributed by atoms with Gasteiger partial charge in [-0.2, -0.15) is 0 Å². The molecule has 2 aliphatic rings. The first kappa shape index (κ1) is 19.3. The van der Waals surface area contributed by atoms with Crippen LogP contribution >= 0.6 is 11.8 Å². The third-order valence-corrected chi connectivity index (χ3v) is 5.92. The van der Waals surface area contributed by atoms with Gasteiger partial charge in [-0.15, -0.1) is 0 Å². The molecule has 0 unspecified atom stereocenters. The van der Waals surface area contributed by atoms with E-state index < -0.39 is 6.04 Å². The second-order valence-corrected chi connectivity index (χ2v) is 8.10. The largest absolute Gasteiger partial charge is 0.378 e. The molecule has 1 N–H and O–H groups in total. The minimum atomic E-state index is -0.495. The van der Waals surface area contributed by atoms with E-state index in [1.807, 2.05) is 80.5 Å². The fourth-order valence-electron chi connectivity index (χ4n) is 3.52. The van der Waals surface area contributed by atoms with Crippen LogP contribution in [-0.4, -0.2) is 41.7 Å². The number of nitrogens with zero attached hydrogens (tertiary/aromatic N) is 3. The lowest BCUT2D eigenvalue weighted by molar-refractivity contribution is -0.125. The summed E-state index contributed by atoms with van der Waals surface area (Å²) in [6.07, 6.45) is 0. The third kappa shape index (κ3) is 3.65. The Morgan fingerprint density at radius 1 is 1.14 bits per heavy atom. The maximum atomic E-state index is 13.2. The molecule has 2 aromatic carbocycles. The SMILES string of the molecule is CC1=C(C(=O)Nc2ccccc2)[C@@H](c2ccc(N(C)C)cc2)N2C(=O)CSC2=N1. The summed E-state index contributed by atoms with van der Waals surface area (Å²) >= 11 is 1.41. The van der Waals surface area contributed by atoms with Crippen molar-refractivity contribution >= 4 is 40.1 Å². The molecule has 1 saturated heterocycles. The third-order valence-electron chi connectivity index (χ3n) is 4.99. The topological polar surface area (TPSA) is 65.0 Å². The number of hydrogen-bond acceptors (Lipinski definition) is 5. The number of fused-ring (bicyclic) bond motifs is 1. The standard InChI is InChI=1S/C22H22N4O2S/c1-14-19(21(28)24-16-7-5-4-6-8-16)20(26-18(27)13-29-22(26)23-14)15-9-11-17(12-10-15)25(2)3/h4-12,20H,13H2,1-3H3,(H,24,28)/t20-/m1/s1. The highest BCUT2D eigenvalue weighted by Crippen LogP contribution is 2.41. The molecule has 0 spiro atoms. The summed E-state index contributed by atoms with van der Waals surface area (Å²) in [6, 6.07) is 16.7. The summed E-state index contributed by atoms with van der Waals surface area (Å²) < 4.78 is 0. The van der Waals surface area contributed by atoms with E-state index in [0.29, 0.717) is 27.9 Å². The summed E-state index contributed by atoms with van der Waals surface area (Å²) in [5.41, 5.74) is 3.77. The van der Waals surface area contributed by atoms with Gasteiger partial charge in [0.05, 0.1) is 23.1 Å². The number of anilines is 2. The maximum absolute atomic E-state index is 13.2. The van der Waals surface area contributed by atoms with Crippen LogP contribution in [0.2, 0.25) is 0 Å². The van der Waals surface area contributed by atoms with Gasteiger partial charge in [-0.1, -0.05) is 42.1 Å². The van der Waals surface area contributed by atoms with E-state index in [9.17, 15) is 9.59 Å². The van der Waals surface area contributed by atoms with Crippen molar-refractivity contribution in [1.82, 2.24) is 4.90 Å². The Balaban J connectivity index is 1.76. The van der Waals surface area contributed by atoms with Gasteiger partial charge < -0.3 is 10.2 Å². The average molecular weight is 407 g/mol. The molecule has 1 atom stereocenters. The monoisotopic (exact) mass is 406 g/mol. The number of amidine groups is 1. The quantitative estimate of drug-likeness (QED) is 0.842. The van der Waals surface area contributed by atoms with Crippen LogP contribution < -0.4 is 10.2 Å². The molecule has 0 saturated carbocycles. The molecule has 2 aliphatic heterocycles. The second kappa shape index (κ2) is 7.75. The van der Waals surface area contributed by atoms with Gasteiger partial charge in [0.1, 0.15) is 0 Å². The zero-order chi connectivity index (χ0) is 20.5. The molecule has 1 fully saturated rings. The summed E-state index contributed by atoms with van der Waals surface area (Å²) in [5.74, 6) is 0.0576. The highest BCUT2D eigenvalue weighted by atomic mass is 32.2. The van der Waals surface area contributed by atoms with Gasteiger partial charge in [-0.3, -0.25) is 14.5 Å². The fraction of sp³-hybridized carbons (Fsp3) is 0.227. The maximum Gasteiger partial charge on any atom is 0.255 e. The Bertz CT molecular complexity index is 1010. The van der Waals surface area contributed by atoms with Gasteiger partial charge in [0.25, 0.3) is 5.91 Å². The van der Waals surface area contributed by atoms with Crippen LogP contribution in [0.4, 0.5) is 11.4 Å². The smallest absolute Gasteiger partial charge is 0.255 e. The van der Waals surface area contributed by atoms with Crippen molar-refractivity contribution in [2.45, 2.75) is 13.0 Å². The van der Waals surface area contributed by atoms with Crippen LogP contribution in [0, 0.1) is 0 Å². The minimum absolute atomic E-state index is 0.0343. The number of rotatable bonds is 4. The fourth-order valence-corrected chi connectivity index (χ4v) is 4.46. The lowest BCUT2D eigenvalue weighted by Gasteiger charge is -2.33. The van der Waals surface area contributed by atoms with Crippen molar-refractivity contribution in [3.63, 3.8) is 0 Å². The predicted octanol–water partition coefficient (Wildman–Crippen LogP) is 3.65. The van der Waals surface area contributed by atoms with Crippen LogP contribution in [0.25, 0.3) is 0 Å². The summed E-state index contributed by atoms with van der Waals surface area (Å²) in [5, 5.41) is 3.60. The van der Waals surface area contributed by atoms with E-state index in [-0.39, 0.29) is 11.8 Å². The van der Waals surface area contributed by atoms with E-state index in [1.54, 1.807) is 4.90 Å². The number of aliphatic imine (C=N–C) groups is 1. The number of carbonyl (C=O) groups excluding carboxylic acids is 2. The average Bonchev–Trinajstić information content (AvgIpc) is 3.08. The molecule has 2 amide bonds. The van der Waals surface area contributed by atoms with Gasteiger partial charge in [0.15, 0.2) is 5.17 Å². The van der Waals surface area contributed by atoms with E-state index in [2.05, 4.69) is 10.3 Å². The first-order valence-corrected chi connectivity index (χ1v) is 10.3. The number of thioether (sulfide) groups is 1. The number of para-hydroxylation sites is 1. The number of carbonyl (C=O) groups is 2. The minimum Gasteiger partial charge on any atom is -0.378 e. The molecule has 0 aromatic heterocycles. The van der Waals surface area contributed by atoms with Gasteiger partial charge >= 0.3 is 0 Å². The molecule has 2 aromatic rings. The van der Waals surface area contributed by atoms with Gasteiger partial charge in [0.2, 0.25) is 5.91 Å². The van der Waals surface area contributed by atoms with Crippen LogP contribution in [0.15, 0.2) is 70.9 Å². The summed E-state index contributed by atoms with van der Waals surface area (Å²) in [4.78, 5) is 34.1. The van der Waals surface area contributed by atoms with Crippen molar-refractivity contribution in [2.75, 3.05) is 30.1 Å². The van der Waals surface area contributed by atoms with E-state index in [0.717, 1.165) is 11.3 Å². The molecule has 148 valence electrons. The Hall–Kier alpha value is -3.06. The number of allylic oxidation sites excluding steroid dienone is 1. The molecule has 0 radical (unpaired) electrons. The number of nitrogens with one attached hydrogen (secondary N) is 1. The predicted molar refractivity (Wildman–Crippen MR) is 118 cm³/mol. The highest BCUT2D eigenvalue weighted by Gasteiger charge is 2.42. The van der Waals surface area contributed by atoms with Crippen molar-refractivity contribution in [3.05, 3.63) is 71.4 Å². The van der Waals surface area contributed by atoms with Crippen LogP contribution in [-0.2, 0) is 9.59 Å². The van der Waals surface area contributed by atoms with Gasteiger partial charge in [-0.05, 0) is 36.8 Å². The van der Waals surface area contributed by atoms with Gasteiger partial charge in [-0.25, -0.2) is 4.99 Å². The second-order valence-electron chi connectivity index (χ2n) is 7.15. The van der Waals surface area contributed by atoms with Crippen LogP contribution in [0.5, 0.6) is 0 Å². The van der Waals surface area contributed by atoms with Gasteiger partial charge in [0, 0.05) is 25.5 Å². The molecule has 6 nitrogen and oxygen atoms in total. The molecule has 2 heterocycles. The molecule has 7 heteroatoms. The lowest BCUT2D eigenvalue weighted by atomic mass is 9.93. The van der Waals surface area contributed by atoms with Crippen molar-refractivity contribution in [2.24, 2.45) is 4.99 Å². The number of amides is 2. The zero-order valence-electron chi connectivity index (χ0n) is 16.5. The number of benzene rings is 2. The summed E-state index contributed by atoms with van der Waals surface area (Å²) in [6.45, 7) is 1.83. The molecular formula is C22H22N4O2S. The lowest BCUT2D eigenvalue weighted by Crippen LogP contribution is -2.40. The zero-order valence-corrected chi connectivity index (χ0v) is 17.4. The number of hydrogen-bond donors (Lipinski definition) is 1. The van der Waals surface area contributed by atoms with Crippen molar-refractivity contribution in [1.29, 1.82) is 0 Å². The molecular weight excluding hydrogens is 384 g/mol. The Morgan fingerprint density at radius 2 is 1.83 bits per heavy atom. The van der Waals surface area contributed by atoms with E-state index in [1.165, 1.54) is 11.8 Å². The highest BCUT2D eigenvalue weighted by molar-refractivity contribution is 8.15. The first-order valence-electron chi connectivity index (χ1n) is 9.33. The van der Waals surface area contributed by atoms with Crippen molar-refractivity contribution < 1.29 is 9.59 Å². The first-order chi connectivity index (χ1) is 14.0. The van der Waals surface area contributed by atoms with E-state index >= 15 is 0 Å². The van der Waals surface area contributed by atoms with Crippen LogP contribution in [0.3, 0.4) is 0 Å².